The molecule has 1 aromatic rings. The van der Waals surface area contributed by atoms with Crippen LogP contribution in [0.2, 0.25) is 0 Å². The fraction of sp³-hybridized carbons (Fsp3) is 0.333. The molecule has 2 radical (unpaired) electrons. The predicted octanol–water partition coefficient (Wildman–Crippen LogP) is 0.508. The van der Waals surface area contributed by atoms with Gasteiger partial charge in [0.1, 0.15) is 7.85 Å². The van der Waals surface area contributed by atoms with Crippen molar-refractivity contribution >= 4 is 13.3 Å². The summed E-state index contributed by atoms with van der Waals surface area (Å²) in [6.45, 7) is 2.33. The molecule has 1 aromatic carbocycles. The Balaban J connectivity index is 2.68. The van der Waals surface area contributed by atoms with Gasteiger partial charge in [0.05, 0.1) is 0 Å². The average molecular weight is 162 g/mol. The molecule has 62 valence electrons. The van der Waals surface area contributed by atoms with E-state index >= 15 is 0 Å². The first-order valence-corrected chi connectivity index (χ1v) is 3.89. The highest BCUT2D eigenvalue weighted by molar-refractivity contribution is 6.32. The number of hydrogen-bond acceptors (Lipinski definition) is 2. The lowest BCUT2D eigenvalue weighted by Gasteiger charge is -2.10. The van der Waals surface area contributed by atoms with E-state index in [4.69, 9.17) is 12.6 Å². The van der Waals surface area contributed by atoms with Gasteiger partial charge in [-0.25, -0.2) is 0 Å². The number of aliphatic hydroxyl groups is 1. The normalized spacial score (nSPS) is 12.8. The Labute approximate surface area is 73.6 Å². The molecule has 0 spiro atoms. The van der Waals surface area contributed by atoms with Crippen LogP contribution in [-0.2, 0) is 4.74 Å². The molecule has 0 bridgehead atoms. The molecular weight excluding hydrogens is 151 g/mol. The van der Waals surface area contributed by atoms with Crippen LogP contribution in [0.4, 0.5) is 0 Å². The lowest BCUT2D eigenvalue weighted by molar-refractivity contribution is -0.0979. The maximum absolute atomic E-state index is 9.35. The van der Waals surface area contributed by atoms with Crippen molar-refractivity contribution in [3.05, 3.63) is 29.8 Å². The summed E-state index contributed by atoms with van der Waals surface area (Å²) in [7, 11) is 5.48. The summed E-state index contributed by atoms with van der Waals surface area (Å²) >= 11 is 0. The minimum absolute atomic E-state index is 0.492. The Kier molecular flexibility index (Phi) is 3.32. The van der Waals surface area contributed by atoms with Crippen molar-refractivity contribution in [1.82, 2.24) is 0 Å². The standard InChI is InChI=1S/C9H11BO2/c1-2-12-9(11)7-3-5-8(10)6-4-7/h3-6,9,11H,2H2,1H3. The van der Waals surface area contributed by atoms with Gasteiger partial charge in [0.15, 0.2) is 6.29 Å². The van der Waals surface area contributed by atoms with Gasteiger partial charge in [-0.2, -0.15) is 0 Å². The van der Waals surface area contributed by atoms with E-state index in [2.05, 4.69) is 0 Å². The third kappa shape index (κ3) is 2.36. The van der Waals surface area contributed by atoms with Crippen molar-refractivity contribution in [2.45, 2.75) is 13.2 Å². The zero-order chi connectivity index (χ0) is 8.97. The zero-order valence-corrected chi connectivity index (χ0v) is 7.03. The highest BCUT2D eigenvalue weighted by atomic mass is 16.6. The van der Waals surface area contributed by atoms with Gasteiger partial charge in [-0.05, 0) is 6.92 Å². The molecule has 0 heterocycles. The quantitative estimate of drug-likeness (QED) is 0.518. The molecule has 0 saturated carbocycles. The number of benzene rings is 1. The predicted molar refractivity (Wildman–Crippen MR) is 48.4 cm³/mol. The smallest absolute Gasteiger partial charge is 0.181 e. The summed E-state index contributed by atoms with van der Waals surface area (Å²) in [5.41, 5.74) is 1.41. The van der Waals surface area contributed by atoms with Crippen LogP contribution in [0.1, 0.15) is 18.8 Å². The van der Waals surface area contributed by atoms with E-state index in [1.165, 1.54) is 0 Å². The molecule has 0 aromatic heterocycles. The van der Waals surface area contributed by atoms with Gasteiger partial charge in [-0.15, -0.1) is 0 Å². The summed E-state index contributed by atoms with van der Waals surface area (Å²) in [4.78, 5) is 0. The third-order valence-corrected chi connectivity index (χ3v) is 1.55. The van der Waals surface area contributed by atoms with Crippen LogP contribution in [0, 0.1) is 0 Å². The number of aliphatic hydroxyl groups excluding tert-OH is 1. The van der Waals surface area contributed by atoms with Crippen molar-refractivity contribution in [3.8, 4) is 0 Å². The van der Waals surface area contributed by atoms with Crippen LogP contribution in [0.15, 0.2) is 24.3 Å². The highest BCUT2D eigenvalue weighted by Crippen LogP contribution is 2.11. The summed E-state index contributed by atoms with van der Waals surface area (Å²) < 4.78 is 4.98. The number of rotatable bonds is 3. The third-order valence-electron chi connectivity index (χ3n) is 1.55. The Morgan fingerprint density at radius 1 is 1.42 bits per heavy atom. The molecule has 1 unspecified atom stereocenters. The van der Waals surface area contributed by atoms with Gasteiger partial charge in [0.2, 0.25) is 0 Å². The molecule has 1 N–H and O–H groups in total. The minimum atomic E-state index is -0.837. The largest absolute Gasteiger partial charge is 0.364 e. The molecule has 1 rings (SSSR count). The van der Waals surface area contributed by atoms with Crippen molar-refractivity contribution < 1.29 is 9.84 Å². The summed E-state index contributed by atoms with van der Waals surface area (Å²) in [6, 6.07) is 6.96. The molecule has 2 nitrogen and oxygen atoms in total. The summed E-state index contributed by atoms with van der Waals surface area (Å²) in [5.74, 6) is 0. The van der Waals surface area contributed by atoms with Gasteiger partial charge in [0, 0.05) is 12.2 Å². The Bertz CT molecular complexity index is 233. The minimum Gasteiger partial charge on any atom is -0.364 e. The molecule has 1 atom stereocenters. The van der Waals surface area contributed by atoms with Crippen molar-refractivity contribution in [2.24, 2.45) is 0 Å². The lowest BCUT2D eigenvalue weighted by Crippen LogP contribution is -2.06. The van der Waals surface area contributed by atoms with Gasteiger partial charge in [0.25, 0.3) is 0 Å². The van der Waals surface area contributed by atoms with E-state index in [0.29, 0.717) is 12.1 Å². The van der Waals surface area contributed by atoms with Crippen LogP contribution in [0.3, 0.4) is 0 Å². The molecule has 0 amide bonds. The Hall–Kier alpha value is -0.795. The second-order valence-corrected chi connectivity index (χ2v) is 2.47. The van der Waals surface area contributed by atoms with Crippen molar-refractivity contribution in [3.63, 3.8) is 0 Å². The molecular formula is C9H11BO2. The van der Waals surface area contributed by atoms with E-state index in [1.807, 2.05) is 6.92 Å². The monoisotopic (exact) mass is 162 g/mol. The summed E-state index contributed by atoms with van der Waals surface area (Å²) in [6.07, 6.45) is -0.837. The second-order valence-electron chi connectivity index (χ2n) is 2.47. The Morgan fingerprint density at radius 3 is 2.50 bits per heavy atom. The van der Waals surface area contributed by atoms with Gasteiger partial charge in [-0.3, -0.25) is 0 Å². The van der Waals surface area contributed by atoms with E-state index in [1.54, 1.807) is 24.3 Å². The average Bonchev–Trinajstić information content (AvgIpc) is 2.06. The van der Waals surface area contributed by atoms with Crippen LogP contribution in [-0.4, -0.2) is 19.6 Å². The second kappa shape index (κ2) is 4.29. The molecule has 0 saturated heterocycles. The molecule has 0 fully saturated rings. The maximum Gasteiger partial charge on any atom is 0.181 e. The van der Waals surface area contributed by atoms with E-state index in [9.17, 15) is 5.11 Å². The first kappa shape index (κ1) is 9.29. The van der Waals surface area contributed by atoms with Crippen LogP contribution >= 0.6 is 0 Å². The lowest BCUT2D eigenvalue weighted by atomic mass is 9.95. The van der Waals surface area contributed by atoms with Gasteiger partial charge >= 0.3 is 0 Å². The van der Waals surface area contributed by atoms with E-state index in [-0.39, 0.29) is 0 Å². The van der Waals surface area contributed by atoms with Crippen LogP contribution in [0.5, 0.6) is 0 Å². The van der Waals surface area contributed by atoms with Crippen LogP contribution in [0.25, 0.3) is 0 Å². The van der Waals surface area contributed by atoms with Gasteiger partial charge in [-0.1, -0.05) is 29.7 Å². The van der Waals surface area contributed by atoms with Gasteiger partial charge < -0.3 is 9.84 Å². The van der Waals surface area contributed by atoms with E-state index in [0.717, 1.165) is 5.56 Å². The fourth-order valence-electron chi connectivity index (χ4n) is 0.915. The van der Waals surface area contributed by atoms with Crippen LogP contribution < -0.4 is 5.46 Å². The number of hydrogen-bond donors (Lipinski definition) is 1. The fourth-order valence-corrected chi connectivity index (χ4v) is 0.915. The summed E-state index contributed by atoms with van der Waals surface area (Å²) in [5, 5.41) is 9.35. The first-order valence-electron chi connectivity index (χ1n) is 3.89. The molecule has 0 aliphatic rings. The zero-order valence-electron chi connectivity index (χ0n) is 7.03. The molecule has 3 heteroatoms. The van der Waals surface area contributed by atoms with Crippen molar-refractivity contribution in [1.29, 1.82) is 0 Å². The topological polar surface area (TPSA) is 29.5 Å². The van der Waals surface area contributed by atoms with Crippen molar-refractivity contribution in [2.75, 3.05) is 6.61 Å². The number of ether oxygens (including phenoxy) is 1. The van der Waals surface area contributed by atoms with E-state index < -0.39 is 6.29 Å². The first-order chi connectivity index (χ1) is 5.74. The molecule has 0 aliphatic heterocycles. The SMILES string of the molecule is [B]c1ccc(C(O)OCC)cc1. The highest BCUT2D eigenvalue weighted by Gasteiger charge is 2.04. The molecule has 0 aliphatic carbocycles. The maximum atomic E-state index is 9.35. The molecule has 12 heavy (non-hydrogen) atoms. The Morgan fingerprint density at radius 2 is 2.00 bits per heavy atom.